The summed E-state index contributed by atoms with van der Waals surface area (Å²) in [6.45, 7) is 14.4. The number of rotatable bonds is 6. The number of aryl methyl sites for hydroxylation is 1. The maximum atomic E-state index is 4.58. The van der Waals surface area contributed by atoms with E-state index in [1.54, 1.807) is 0 Å². The summed E-state index contributed by atoms with van der Waals surface area (Å²) in [5, 5.41) is 0. The Morgan fingerprint density at radius 3 is 2.78 bits per heavy atom. The van der Waals surface area contributed by atoms with Crippen molar-refractivity contribution < 1.29 is 0 Å². The zero-order chi connectivity index (χ0) is 16.2. The molecular formula is C18H28N4S. The highest BCUT2D eigenvalue weighted by molar-refractivity contribution is 7.11. The van der Waals surface area contributed by atoms with Crippen molar-refractivity contribution >= 4 is 11.3 Å². The molecule has 0 fully saturated rings. The van der Waals surface area contributed by atoms with E-state index in [2.05, 4.69) is 58.5 Å². The number of thiophene rings is 1. The first kappa shape index (κ1) is 16.7. The summed E-state index contributed by atoms with van der Waals surface area (Å²) in [4.78, 5) is 12.6. The summed E-state index contributed by atoms with van der Waals surface area (Å²) < 4.78 is 2.35. The minimum atomic E-state index is 0.659. The summed E-state index contributed by atoms with van der Waals surface area (Å²) in [5.74, 6) is 1.87. The van der Waals surface area contributed by atoms with Crippen molar-refractivity contribution in [3.05, 3.63) is 40.1 Å². The van der Waals surface area contributed by atoms with Gasteiger partial charge in [-0.1, -0.05) is 13.8 Å². The van der Waals surface area contributed by atoms with Crippen molar-refractivity contribution in [2.75, 3.05) is 26.2 Å². The van der Waals surface area contributed by atoms with Crippen LogP contribution < -0.4 is 0 Å². The van der Waals surface area contributed by atoms with Crippen molar-refractivity contribution in [2.45, 2.75) is 40.4 Å². The minimum Gasteiger partial charge on any atom is -0.333 e. The second-order valence-corrected chi connectivity index (χ2v) is 7.90. The molecule has 0 spiro atoms. The minimum absolute atomic E-state index is 0.659. The van der Waals surface area contributed by atoms with Crippen LogP contribution in [0.1, 0.15) is 29.4 Å². The van der Waals surface area contributed by atoms with Crippen LogP contribution >= 0.6 is 11.3 Å². The van der Waals surface area contributed by atoms with Crippen LogP contribution in [0.4, 0.5) is 0 Å². The number of imidazole rings is 1. The van der Waals surface area contributed by atoms with Crippen LogP contribution in [0.15, 0.2) is 24.5 Å². The topological polar surface area (TPSA) is 24.3 Å². The summed E-state index contributed by atoms with van der Waals surface area (Å²) in [5.41, 5.74) is 0. The van der Waals surface area contributed by atoms with Gasteiger partial charge in [-0.25, -0.2) is 4.98 Å². The molecule has 126 valence electrons. The molecule has 23 heavy (non-hydrogen) atoms. The van der Waals surface area contributed by atoms with Crippen LogP contribution in [0.25, 0.3) is 0 Å². The van der Waals surface area contributed by atoms with E-state index in [0.717, 1.165) is 39.3 Å². The van der Waals surface area contributed by atoms with Gasteiger partial charge in [-0.3, -0.25) is 4.90 Å². The molecule has 2 aromatic heterocycles. The van der Waals surface area contributed by atoms with Gasteiger partial charge in [-0.05, 0) is 32.1 Å². The van der Waals surface area contributed by atoms with E-state index in [9.17, 15) is 0 Å². The molecule has 2 aromatic rings. The third-order valence-corrected chi connectivity index (χ3v) is 5.71. The van der Waals surface area contributed by atoms with E-state index in [-0.39, 0.29) is 0 Å². The zero-order valence-corrected chi connectivity index (χ0v) is 15.4. The van der Waals surface area contributed by atoms with Gasteiger partial charge in [-0.2, -0.15) is 0 Å². The molecule has 0 radical (unpaired) electrons. The van der Waals surface area contributed by atoms with E-state index in [1.807, 2.05) is 17.5 Å². The van der Waals surface area contributed by atoms with Gasteiger partial charge in [0, 0.05) is 54.2 Å². The fourth-order valence-electron chi connectivity index (χ4n) is 3.50. The van der Waals surface area contributed by atoms with Gasteiger partial charge in [0.05, 0.1) is 6.54 Å². The Morgan fingerprint density at radius 2 is 2.09 bits per heavy atom. The smallest absolute Gasteiger partial charge is 0.122 e. The van der Waals surface area contributed by atoms with Crippen molar-refractivity contribution in [1.82, 2.24) is 19.4 Å². The number of hydrogen-bond donors (Lipinski definition) is 0. The SMILES string of the molecule is CCN(CC)CC1CN(Cc2ccc(C)s2)Cc2nccn2C1. The van der Waals surface area contributed by atoms with Crippen molar-refractivity contribution in [3.8, 4) is 0 Å². The molecule has 0 aliphatic carbocycles. The third kappa shape index (κ3) is 4.22. The number of aromatic nitrogens is 2. The molecule has 1 unspecified atom stereocenters. The van der Waals surface area contributed by atoms with Crippen LogP contribution in [0.3, 0.4) is 0 Å². The monoisotopic (exact) mass is 332 g/mol. The maximum absolute atomic E-state index is 4.58. The van der Waals surface area contributed by atoms with Gasteiger partial charge in [0.15, 0.2) is 0 Å². The van der Waals surface area contributed by atoms with Gasteiger partial charge in [0.25, 0.3) is 0 Å². The Balaban J connectivity index is 1.74. The normalized spacial score (nSPS) is 19.0. The summed E-state index contributed by atoms with van der Waals surface area (Å²) in [7, 11) is 0. The maximum Gasteiger partial charge on any atom is 0.122 e. The van der Waals surface area contributed by atoms with E-state index in [4.69, 9.17) is 0 Å². The molecule has 0 amide bonds. The fourth-order valence-corrected chi connectivity index (χ4v) is 4.43. The van der Waals surface area contributed by atoms with Crippen LogP contribution in [0, 0.1) is 12.8 Å². The summed E-state index contributed by atoms with van der Waals surface area (Å²) in [6, 6.07) is 4.50. The Hall–Kier alpha value is -1.17. The molecule has 4 nitrogen and oxygen atoms in total. The molecule has 1 atom stereocenters. The lowest BCUT2D eigenvalue weighted by atomic mass is 10.1. The summed E-state index contributed by atoms with van der Waals surface area (Å²) in [6.07, 6.45) is 4.09. The third-order valence-electron chi connectivity index (χ3n) is 4.72. The average molecular weight is 333 g/mol. The predicted molar refractivity (Wildman–Crippen MR) is 96.7 cm³/mol. The Labute approximate surface area is 143 Å². The van der Waals surface area contributed by atoms with E-state index >= 15 is 0 Å². The van der Waals surface area contributed by atoms with Gasteiger partial charge in [-0.15, -0.1) is 11.3 Å². The predicted octanol–water partition coefficient (Wildman–Crippen LogP) is 3.23. The standard InChI is InChI=1S/C18H28N4S/c1-4-20(5-2)10-16-11-21(13-17-7-6-15(3)23-17)14-18-19-8-9-22(18)12-16/h6-9,16H,4-5,10-14H2,1-3H3. The van der Waals surface area contributed by atoms with E-state index < -0.39 is 0 Å². The van der Waals surface area contributed by atoms with Gasteiger partial charge >= 0.3 is 0 Å². The van der Waals surface area contributed by atoms with E-state index in [1.165, 1.54) is 22.1 Å². The fraction of sp³-hybridized carbons (Fsp3) is 0.611. The first-order chi connectivity index (χ1) is 11.2. The molecule has 0 saturated heterocycles. The highest BCUT2D eigenvalue weighted by Gasteiger charge is 2.23. The van der Waals surface area contributed by atoms with Crippen LogP contribution in [0.2, 0.25) is 0 Å². The molecule has 1 aliphatic heterocycles. The highest BCUT2D eigenvalue weighted by Crippen LogP contribution is 2.22. The molecule has 0 saturated carbocycles. The van der Waals surface area contributed by atoms with Gasteiger partial charge in [0.2, 0.25) is 0 Å². The zero-order valence-electron chi connectivity index (χ0n) is 14.5. The van der Waals surface area contributed by atoms with Gasteiger partial charge in [0.1, 0.15) is 5.82 Å². The van der Waals surface area contributed by atoms with Crippen LogP contribution in [-0.2, 0) is 19.6 Å². The molecule has 3 rings (SSSR count). The van der Waals surface area contributed by atoms with Crippen molar-refractivity contribution in [1.29, 1.82) is 0 Å². The molecule has 5 heteroatoms. The number of nitrogens with zero attached hydrogens (tertiary/aromatic N) is 4. The quantitative estimate of drug-likeness (QED) is 0.812. The van der Waals surface area contributed by atoms with Crippen LogP contribution in [-0.4, -0.2) is 45.5 Å². The Bertz CT molecular complexity index is 614. The average Bonchev–Trinajstić information content (AvgIpc) is 3.10. The number of fused-ring (bicyclic) bond motifs is 1. The first-order valence-corrected chi connectivity index (χ1v) is 9.49. The second kappa shape index (κ2) is 7.60. The van der Waals surface area contributed by atoms with E-state index in [0.29, 0.717) is 5.92 Å². The van der Waals surface area contributed by atoms with Crippen molar-refractivity contribution in [2.24, 2.45) is 5.92 Å². The molecule has 0 N–H and O–H groups in total. The number of hydrogen-bond acceptors (Lipinski definition) is 4. The Kier molecular flexibility index (Phi) is 5.51. The second-order valence-electron chi connectivity index (χ2n) is 6.53. The van der Waals surface area contributed by atoms with Crippen molar-refractivity contribution in [3.63, 3.8) is 0 Å². The van der Waals surface area contributed by atoms with Crippen LogP contribution in [0.5, 0.6) is 0 Å². The highest BCUT2D eigenvalue weighted by atomic mass is 32.1. The molecule has 3 heterocycles. The van der Waals surface area contributed by atoms with Gasteiger partial charge < -0.3 is 9.47 Å². The largest absolute Gasteiger partial charge is 0.333 e. The molecule has 0 aromatic carbocycles. The Morgan fingerprint density at radius 1 is 1.26 bits per heavy atom. The summed E-state index contributed by atoms with van der Waals surface area (Å²) >= 11 is 1.92. The lowest BCUT2D eigenvalue weighted by molar-refractivity contribution is 0.175. The lowest BCUT2D eigenvalue weighted by Gasteiger charge is -2.28. The lowest BCUT2D eigenvalue weighted by Crippen LogP contribution is -2.36. The molecule has 0 bridgehead atoms. The molecular weight excluding hydrogens is 304 g/mol. The first-order valence-electron chi connectivity index (χ1n) is 8.68. The molecule has 1 aliphatic rings.